The third kappa shape index (κ3) is 3.69. The molecule has 0 aliphatic carbocycles. The van der Waals surface area contributed by atoms with Crippen molar-refractivity contribution in [3.8, 4) is 6.07 Å². The summed E-state index contributed by atoms with van der Waals surface area (Å²) in [5.74, 6) is 0.857. The number of hydrogen-bond donors (Lipinski definition) is 1. The third-order valence-electron chi connectivity index (χ3n) is 4.20. The van der Waals surface area contributed by atoms with E-state index >= 15 is 0 Å². The molecular weight excluding hydrogens is 302 g/mol. The smallest absolute Gasteiger partial charge is 0.253 e. The molecule has 6 nitrogen and oxygen atoms in total. The normalized spacial score (nSPS) is 14.9. The molecule has 0 atom stereocenters. The fourth-order valence-electron chi connectivity index (χ4n) is 2.84. The Balaban J connectivity index is 1.56. The lowest BCUT2D eigenvalue weighted by Crippen LogP contribution is -2.42. The molecule has 3 rings (SSSR count). The summed E-state index contributed by atoms with van der Waals surface area (Å²) in [6.07, 6.45) is 3.32. The Morgan fingerprint density at radius 1 is 1.25 bits per heavy atom. The molecule has 1 aromatic carbocycles. The first kappa shape index (κ1) is 15.9. The summed E-state index contributed by atoms with van der Waals surface area (Å²) in [5, 5.41) is 12.2. The van der Waals surface area contributed by atoms with Crippen LogP contribution in [0.1, 0.15) is 34.5 Å². The highest BCUT2D eigenvalue weighted by Gasteiger charge is 2.23. The molecule has 1 amide bonds. The van der Waals surface area contributed by atoms with Crippen molar-refractivity contribution in [2.75, 3.05) is 18.4 Å². The first-order chi connectivity index (χ1) is 11.7. The number of aryl methyl sites for hydroxylation is 1. The van der Waals surface area contributed by atoms with E-state index in [0.29, 0.717) is 30.3 Å². The molecule has 122 valence electrons. The van der Waals surface area contributed by atoms with Gasteiger partial charge in [-0.2, -0.15) is 5.26 Å². The molecule has 24 heavy (non-hydrogen) atoms. The van der Waals surface area contributed by atoms with E-state index in [4.69, 9.17) is 5.26 Å². The molecule has 1 aliphatic rings. The number of likely N-dealkylation sites (tertiary alicyclic amines) is 1. The summed E-state index contributed by atoms with van der Waals surface area (Å²) in [5.41, 5.74) is 2.13. The van der Waals surface area contributed by atoms with Crippen LogP contribution in [0, 0.1) is 18.3 Å². The number of rotatable bonds is 3. The fraction of sp³-hybridized carbons (Fsp3) is 0.333. The van der Waals surface area contributed by atoms with E-state index in [0.717, 1.165) is 24.4 Å². The van der Waals surface area contributed by atoms with E-state index in [-0.39, 0.29) is 5.91 Å². The number of nitrogens with one attached hydrogen (secondary N) is 1. The Morgan fingerprint density at radius 3 is 2.58 bits per heavy atom. The topological polar surface area (TPSA) is 81.9 Å². The van der Waals surface area contributed by atoms with Gasteiger partial charge in [0.1, 0.15) is 12.1 Å². The summed E-state index contributed by atoms with van der Waals surface area (Å²) < 4.78 is 0. The summed E-state index contributed by atoms with van der Waals surface area (Å²) in [7, 11) is 0. The number of hydrogen-bond acceptors (Lipinski definition) is 5. The first-order valence-corrected chi connectivity index (χ1v) is 8.00. The van der Waals surface area contributed by atoms with Crippen LogP contribution in [-0.2, 0) is 0 Å². The Labute approximate surface area is 141 Å². The minimum atomic E-state index is 0.0239. The lowest BCUT2D eigenvalue weighted by atomic mass is 10.0. The summed E-state index contributed by atoms with van der Waals surface area (Å²) >= 11 is 0. The van der Waals surface area contributed by atoms with Gasteiger partial charge in [-0.15, -0.1) is 0 Å². The molecule has 2 aromatic rings. The Bertz CT molecular complexity index is 758. The number of anilines is 1. The largest absolute Gasteiger partial charge is 0.367 e. The van der Waals surface area contributed by atoms with Crippen LogP contribution in [0.2, 0.25) is 0 Å². The zero-order chi connectivity index (χ0) is 16.9. The molecule has 0 saturated carbocycles. The van der Waals surface area contributed by atoms with Gasteiger partial charge in [0.05, 0.1) is 11.6 Å². The van der Waals surface area contributed by atoms with Crippen LogP contribution in [0.25, 0.3) is 0 Å². The second kappa shape index (κ2) is 7.09. The number of carbonyl (C=O) groups is 1. The molecule has 0 radical (unpaired) electrons. The average molecular weight is 321 g/mol. The van der Waals surface area contributed by atoms with Gasteiger partial charge < -0.3 is 10.2 Å². The van der Waals surface area contributed by atoms with Crippen molar-refractivity contribution in [3.05, 3.63) is 53.5 Å². The van der Waals surface area contributed by atoms with E-state index in [1.54, 1.807) is 30.6 Å². The van der Waals surface area contributed by atoms with Gasteiger partial charge >= 0.3 is 0 Å². The number of amides is 1. The lowest BCUT2D eigenvalue weighted by Gasteiger charge is -2.32. The minimum absolute atomic E-state index is 0.0239. The van der Waals surface area contributed by atoms with Crippen molar-refractivity contribution >= 4 is 11.7 Å². The molecule has 0 spiro atoms. The zero-order valence-electron chi connectivity index (χ0n) is 13.6. The predicted molar refractivity (Wildman–Crippen MR) is 90.5 cm³/mol. The van der Waals surface area contributed by atoms with Crippen molar-refractivity contribution in [3.63, 3.8) is 0 Å². The van der Waals surface area contributed by atoms with Crippen molar-refractivity contribution in [1.82, 2.24) is 14.9 Å². The maximum atomic E-state index is 12.5. The lowest BCUT2D eigenvalue weighted by molar-refractivity contribution is 0.0718. The molecule has 1 aromatic heterocycles. The highest BCUT2D eigenvalue weighted by atomic mass is 16.2. The fourth-order valence-corrected chi connectivity index (χ4v) is 2.84. The molecule has 1 saturated heterocycles. The van der Waals surface area contributed by atoms with Gasteiger partial charge in [0, 0.05) is 36.5 Å². The standard InChI is InChI=1S/C18H19N5O/c1-13-10-17(21-12-20-13)22-16-6-8-23(9-7-16)18(24)15-4-2-14(11-19)3-5-15/h2-5,10,12,16H,6-9H2,1H3,(H,20,21,22). The maximum Gasteiger partial charge on any atom is 0.253 e. The molecule has 1 fully saturated rings. The number of piperidine rings is 1. The van der Waals surface area contributed by atoms with Gasteiger partial charge in [-0.1, -0.05) is 0 Å². The van der Waals surface area contributed by atoms with Crippen LogP contribution in [-0.4, -0.2) is 39.9 Å². The van der Waals surface area contributed by atoms with Gasteiger partial charge in [-0.05, 0) is 44.0 Å². The Hall–Kier alpha value is -2.94. The van der Waals surface area contributed by atoms with E-state index in [1.807, 2.05) is 17.9 Å². The van der Waals surface area contributed by atoms with Gasteiger partial charge in [0.2, 0.25) is 0 Å². The molecule has 0 bridgehead atoms. The first-order valence-electron chi connectivity index (χ1n) is 8.00. The number of benzene rings is 1. The second-order valence-corrected chi connectivity index (χ2v) is 5.94. The predicted octanol–water partition coefficient (Wildman–Crippen LogP) is 2.37. The zero-order valence-corrected chi connectivity index (χ0v) is 13.6. The highest BCUT2D eigenvalue weighted by molar-refractivity contribution is 5.94. The number of nitrogens with zero attached hydrogens (tertiary/aromatic N) is 4. The van der Waals surface area contributed by atoms with Crippen LogP contribution >= 0.6 is 0 Å². The van der Waals surface area contributed by atoms with Gasteiger partial charge in [-0.3, -0.25) is 4.79 Å². The Kier molecular flexibility index (Phi) is 4.71. The molecule has 6 heteroatoms. The SMILES string of the molecule is Cc1cc(NC2CCN(C(=O)c3ccc(C#N)cc3)CC2)ncn1. The third-order valence-corrected chi connectivity index (χ3v) is 4.20. The number of nitriles is 1. The second-order valence-electron chi connectivity index (χ2n) is 5.94. The van der Waals surface area contributed by atoms with Crippen LogP contribution in [0.15, 0.2) is 36.7 Å². The van der Waals surface area contributed by atoms with Crippen molar-refractivity contribution in [2.45, 2.75) is 25.8 Å². The quantitative estimate of drug-likeness (QED) is 0.938. The molecule has 2 heterocycles. The summed E-state index contributed by atoms with van der Waals surface area (Å²) in [4.78, 5) is 22.7. The van der Waals surface area contributed by atoms with Gasteiger partial charge in [-0.25, -0.2) is 9.97 Å². The molecule has 1 N–H and O–H groups in total. The van der Waals surface area contributed by atoms with Crippen LogP contribution in [0.4, 0.5) is 5.82 Å². The summed E-state index contributed by atoms with van der Waals surface area (Å²) in [6, 6.07) is 11.1. The molecule has 1 aliphatic heterocycles. The van der Waals surface area contributed by atoms with Crippen LogP contribution in [0.5, 0.6) is 0 Å². The Morgan fingerprint density at radius 2 is 1.96 bits per heavy atom. The number of carbonyl (C=O) groups excluding carboxylic acids is 1. The van der Waals surface area contributed by atoms with Gasteiger partial charge in [0.25, 0.3) is 5.91 Å². The highest BCUT2D eigenvalue weighted by Crippen LogP contribution is 2.17. The minimum Gasteiger partial charge on any atom is -0.367 e. The van der Waals surface area contributed by atoms with E-state index in [9.17, 15) is 4.79 Å². The van der Waals surface area contributed by atoms with Crippen molar-refractivity contribution in [2.24, 2.45) is 0 Å². The average Bonchev–Trinajstić information content (AvgIpc) is 2.62. The van der Waals surface area contributed by atoms with Crippen molar-refractivity contribution in [1.29, 1.82) is 5.26 Å². The number of aromatic nitrogens is 2. The summed E-state index contributed by atoms with van der Waals surface area (Å²) in [6.45, 7) is 3.35. The molecule has 0 unspecified atom stereocenters. The van der Waals surface area contributed by atoms with Crippen LogP contribution < -0.4 is 5.32 Å². The maximum absolute atomic E-state index is 12.5. The van der Waals surface area contributed by atoms with Crippen molar-refractivity contribution < 1.29 is 4.79 Å². The molecular formula is C18H19N5O. The van der Waals surface area contributed by atoms with Gasteiger partial charge in [0.15, 0.2) is 0 Å². The van der Waals surface area contributed by atoms with E-state index < -0.39 is 0 Å². The van der Waals surface area contributed by atoms with Crippen LogP contribution in [0.3, 0.4) is 0 Å². The van der Waals surface area contributed by atoms with E-state index in [2.05, 4.69) is 21.4 Å². The van der Waals surface area contributed by atoms with E-state index in [1.165, 1.54) is 0 Å². The monoisotopic (exact) mass is 321 g/mol.